The molecule has 3 aromatic rings. The van der Waals surface area contributed by atoms with Gasteiger partial charge in [-0.2, -0.15) is 0 Å². The van der Waals surface area contributed by atoms with Gasteiger partial charge in [0.1, 0.15) is 5.82 Å². The molecule has 1 N–H and O–H groups in total. The molecule has 0 spiro atoms. The number of β-lactam (4-membered cyclic amide) rings is 1. The molecular weight excluding hydrogens is 393 g/mol. The summed E-state index contributed by atoms with van der Waals surface area (Å²) in [5.41, 5.74) is 3.19. The summed E-state index contributed by atoms with van der Waals surface area (Å²) in [7, 11) is 0. The fourth-order valence-corrected chi connectivity index (χ4v) is 3.92. The maximum absolute atomic E-state index is 13.3. The van der Waals surface area contributed by atoms with E-state index in [4.69, 9.17) is 9.90 Å². The second-order valence-electron chi connectivity index (χ2n) is 7.54. The first-order valence-electron chi connectivity index (χ1n) is 10.3. The highest BCUT2D eigenvalue weighted by Gasteiger charge is 2.48. The molecule has 1 fully saturated rings. The van der Waals surface area contributed by atoms with Crippen LogP contribution in [0.15, 0.2) is 84.9 Å². The van der Waals surface area contributed by atoms with Gasteiger partial charge in [0.25, 0.3) is 5.97 Å². The van der Waals surface area contributed by atoms with Crippen LogP contribution in [0.5, 0.6) is 0 Å². The second-order valence-corrected chi connectivity index (χ2v) is 7.54. The van der Waals surface area contributed by atoms with E-state index in [1.165, 1.54) is 17.7 Å². The topological polar surface area (TPSA) is 57.6 Å². The number of anilines is 1. The molecule has 160 valence electrons. The molecule has 1 aliphatic heterocycles. The van der Waals surface area contributed by atoms with Crippen LogP contribution >= 0.6 is 0 Å². The summed E-state index contributed by atoms with van der Waals surface area (Å²) < 4.78 is 13.3. The number of carbonyl (C=O) groups excluding carboxylic acids is 1. The molecule has 4 nitrogen and oxygen atoms in total. The smallest absolute Gasteiger partial charge is 0.300 e. The highest BCUT2D eigenvalue weighted by molar-refractivity contribution is 6.03. The van der Waals surface area contributed by atoms with Crippen molar-refractivity contribution in [2.24, 2.45) is 5.92 Å². The van der Waals surface area contributed by atoms with Gasteiger partial charge in [-0.3, -0.25) is 9.59 Å². The van der Waals surface area contributed by atoms with Crippen LogP contribution in [0.2, 0.25) is 0 Å². The predicted octanol–water partition coefficient (Wildman–Crippen LogP) is 5.64. The maximum atomic E-state index is 13.3. The number of hydrogen-bond donors (Lipinski definition) is 1. The Bertz CT molecular complexity index is 986. The van der Waals surface area contributed by atoms with Crippen molar-refractivity contribution in [2.75, 3.05) is 4.90 Å². The van der Waals surface area contributed by atoms with Crippen molar-refractivity contribution in [3.05, 3.63) is 102 Å². The average molecular weight is 419 g/mol. The fourth-order valence-electron chi connectivity index (χ4n) is 3.92. The van der Waals surface area contributed by atoms with E-state index in [1.54, 1.807) is 12.1 Å². The standard InChI is InChI=1S/C24H22FNO.C2H4O2/c25-20-14-16-21(17-15-20)26-23(19-11-5-2-6-12-19)22(24(26)27)13-7-10-18-8-3-1-4-9-18;1-2(3)4/h1-6,8-9,11-12,14-17,22-23H,7,10,13H2;1H3,(H,3,4). The molecule has 2 atom stereocenters. The van der Waals surface area contributed by atoms with E-state index in [0.717, 1.165) is 37.4 Å². The van der Waals surface area contributed by atoms with Crippen LogP contribution in [-0.4, -0.2) is 17.0 Å². The molecule has 0 aliphatic carbocycles. The monoisotopic (exact) mass is 419 g/mol. The van der Waals surface area contributed by atoms with Crippen LogP contribution in [0, 0.1) is 11.7 Å². The van der Waals surface area contributed by atoms with E-state index in [1.807, 2.05) is 41.3 Å². The maximum Gasteiger partial charge on any atom is 0.300 e. The largest absolute Gasteiger partial charge is 0.481 e. The number of amides is 1. The van der Waals surface area contributed by atoms with E-state index >= 15 is 0 Å². The number of halogens is 1. The molecule has 0 bridgehead atoms. The predicted molar refractivity (Wildman–Crippen MR) is 119 cm³/mol. The van der Waals surface area contributed by atoms with Gasteiger partial charge in [-0.1, -0.05) is 60.7 Å². The molecule has 5 heteroatoms. The molecule has 31 heavy (non-hydrogen) atoms. The Kier molecular flexibility index (Phi) is 7.55. The molecular formula is C26H26FNO3. The number of hydrogen-bond acceptors (Lipinski definition) is 2. The highest BCUT2D eigenvalue weighted by atomic mass is 19.1. The Labute approximate surface area is 182 Å². The van der Waals surface area contributed by atoms with E-state index in [-0.39, 0.29) is 23.7 Å². The van der Waals surface area contributed by atoms with E-state index in [2.05, 4.69) is 24.3 Å². The zero-order valence-electron chi connectivity index (χ0n) is 17.4. The van der Waals surface area contributed by atoms with Crippen molar-refractivity contribution in [3.8, 4) is 0 Å². The SMILES string of the molecule is CC(=O)O.O=C1C(CCCc2ccccc2)C(c2ccccc2)N1c1ccc(F)cc1. The summed E-state index contributed by atoms with van der Waals surface area (Å²) in [4.78, 5) is 23.7. The number of benzene rings is 3. The quantitative estimate of drug-likeness (QED) is 0.526. The van der Waals surface area contributed by atoms with E-state index in [0.29, 0.717) is 0 Å². The van der Waals surface area contributed by atoms with Crippen LogP contribution in [0.3, 0.4) is 0 Å². The molecule has 2 unspecified atom stereocenters. The average Bonchev–Trinajstić information content (AvgIpc) is 2.77. The first-order chi connectivity index (χ1) is 15.0. The van der Waals surface area contributed by atoms with Crippen molar-refractivity contribution in [2.45, 2.75) is 32.2 Å². The van der Waals surface area contributed by atoms with Gasteiger partial charge in [-0.25, -0.2) is 4.39 Å². The van der Waals surface area contributed by atoms with Gasteiger partial charge < -0.3 is 10.0 Å². The number of nitrogens with zero attached hydrogens (tertiary/aromatic N) is 1. The molecule has 4 rings (SSSR count). The summed E-state index contributed by atoms with van der Waals surface area (Å²) in [6.07, 6.45) is 2.80. The van der Waals surface area contributed by atoms with Crippen LogP contribution in [-0.2, 0) is 16.0 Å². The van der Waals surface area contributed by atoms with Crippen molar-refractivity contribution in [1.29, 1.82) is 0 Å². The minimum absolute atomic E-state index is 0.0138. The number of aliphatic carboxylic acids is 1. The zero-order chi connectivity index (χ0) is 22.2. The van der Waals surface area contributed by atoms with Gasteiger partial charge in [-0.15, -0.1) is 0 Å². The van der Waals surface area contributed by atoms with Gasteiger partial charge in [0, 0.05) is 12.6 Å². The molecule has 1 saturated heterocycles. The van der Waals surface area contributed by atoms with Gasteiger partial charge in [0.2, 0.25) is 5.91 Å². The van der Waals surface area contributed by atoms with E-state index in [9.17, 15) is 9.18 Å². The lowest BCUT2D eigenvalue weighted by Gasteiger charge is -2.47. The van der Waals surface area contributed by atoms with Crippen molar-refractivity contribution < 1.29 is 19.1 Å². The second kappa shape index (κ2) is 10.5. The van der Waals surface area contributed by atoms with Crippen LogP contribution in [0.25, 0.3) is 0 Å². The normalized spacial score (nSPS) is 17.4. The molecule has 1 amide bonds. The van der Waals surface area contributed by atoms with Crippen LogP contribution < -0.4 is 4.90 Å². The Hall–Kier alpha value is -3.47. The summed E-state index contributed by atoms with van der Waals surface area (Å²) in [5, 5.41) is 7.42. The van der Waals surface area contributed by atoms with E-state index < -0.39 is 5.97 Å². The summed E-state index contributed by atoms with van der Waals surface area (Å²) in [6, 6.07) is 26.7. The Morgan fingerprint density at radius 3 is 2.06 bits per heavy atom. The third-order valence-electron chi connectivity index (χ3n) is 5.28. The third kappa shape index (κ3) is 5.79. The van der Waals surface area contributed by atoms with Crippen molar-refractivity contribution in [1.82, 2.24) is 0 Å². The lowest BCUT2D eigenvalue weighted by Crippen LogP contribution is -2.55. The summed E-state index contributed by atoms with van der Waals surface area (Å²) >= 11 is 0. The third-order valence-corrected chi connectivity index (χ3v) is 5.28. The lowest BCUT2D eigenvalue weighted by molar-refractivity contribution is -0.134. The minimum Gasteiger partial charge on any atom is -0.481 e. The summed E-state index contributed by atoms with van der Waals surface area (Å²) in [5.74, 6) is -1.02. The van der Waals surface area contributed by atoms with Crippen LogP contribution in [0.1, 0.15) is 36.9 Å². The zero-order valence-corrected chi connectivity index (χ0v) is 17.4. The van der Waals surface area contributed by atoms with Gasteiger partial charge >= 0.3 is 0 Å². The molecule has 0 saturated carbocycles. The highest BCUT2D eigenvalue weighted by Crippen LogP contribution is 2.45. The lowest BCUT2D eigenvalue weighted by atomic mass is 9.78. The fraction of sp³-hybridized carbons (Fsp3) is 0.231. The molecule has 0 radical (unpaired) electrons. The number of carboxylic acid groups (broad SMARTS) is 1. The van der Waals surface area contributed by atoms with Gasteiger partial charge in [0.05, 0.1) is 12.0 Å². The Morgan fingerprint density at radius 2 is 1.48 bits per heavy atom. The number of carbonyl (C=O) groups is 2. The molecule has 3 aromatic carbocycles. The molecule has 1 aliphatic rings. The van der Waals surface area contributed by atoms with Crippen molar-refractivity contribution in [3.63, 3.8) is 0 Å². The van der Waals surface area contributed by atoms with Gasteiger partial charge in [-0.05, 0) is 54.7 Å². The first kappa shape index (κ1) is 22.2. The Balaban J connectivity index is 0.000000628. The van der Waals surface area contributed by atoms with Crippen LogP contribution in [0.4, 0.5) is 10.1 Å². The minimum atomic E-state index is -0.833. The number of aryl methyl sites for hydroxylation is 1. The number of rotatable bonds is 6. The Morgan fingerprint density at radius 1 is 0.935 bits per heavy atom. The number of carboxylic acids is 1. The van der Waals surface area contributed by atoms with Crippen molar-refractivity contribution >= 4 is 17.6 Å². The molecule has 1 heterocycles. The first-order valence-corrected chi connectivity index (χ1v) is 10.3. The summed E-state index contributed by atoms with van der Waals surface area (Å²) in [6.45, 7) is 1.08. The molecule has 0 aromatic heterocycles. The van der Waals surface area contributed by atoms with Gasteiger partial charge in [0.15, 0.2) is 0 Å².